The lowest BCUT2D eigenvalue weighted by Crippen LogP contribution is -2.51. The third kappa shape index (κ3) is 6.51. The molecule has 0 bridgehead atoms. The number of para-hydroxylation sites is 1. The second kappa shape index (κ2) is 11.4. The fraction of sp³-hybridized carbons (Fsp3) is 0.300. The van der Waals surface area contributed by atoms with Crippen molar-refractivity contribution in [2.24, 2.45) is 0 Å². The summed E-state index contributed by atoms with van der Waals surface area (Å²) in [6.45, 7) is 5.07. The molecule has 0 aromatic heterocycles. The van der Waals surface area contributed by atoms with Gasteiger partial charge < -0.3 is 20.1 Å². The fourth-order valence-electron chi connectivity index (χ4n) is 4.61. The zero-order chi connectivity index (χ0) is 27.3. The van der Waals surface area contributed by atoms with E-state index < -0.39 is 23.6 Å². The Labute approximate surface area is 222 Å². The van der Waals surface area contributed by atoms with E-state index in [1.807, 2.05) is 54.6 Å². The second-order valence-corrected chi connectivity index (χ2v) is 10.2. The molecule has 8 heteroatoms. The van der Waals surface area contributed by atoms with E-state index in [-0.39, 0.29) is 18.4 Å². The third-order valence-electron chi connectivity index (χ3n) is 6.18. The lowest BCUT2D eigenvalue weighted by atomic mass is 9.86. The molecule has 0 radical (unpaired) electrons. The molecular weight excluding hydrogens is 482 g/mol. The monoisotopic (exact) mass is 515 g/mol. The van der Waals surface area contributed by atoms with E-state index >= 15 is 0 Å². The molecule has 1 aliphatic heterocycles. The van der Waals surface area contributed by atoms with Gasteiger partial charge in [0.2, 0.25) is 5.91 Å². The molecule has 2 unspecified atom stereocenters. The van der Waals surface area contributed by atoms with Gasteiger partial charge in [0, 0.05) is 23.4 Å². The van der Waals surface area contributed by atoms with Gasteiger partial charge in [0.15, 0.2) is 0 Å². The number of hydrogen-bond donors (Lipinski definition) is 2. The van der Waals surface area contributed by atoms with E-state index in [2.05, 4.69) is 10.6 Å². The van der Waals surface area contributed by atoms with Crippen molar-refractivity contribution in [1.82, 2.24) is 5.32 Å². The Morgan fingerprint density at radius 1 is 0.974 bits per heavy atom. The molecule has 3 aromatic rings. The summed E-state index contributed by atoms with van der Waals surface area (Å²) in [7, 11) is 1.55. The highest BCUT2D eigenvalue weighted by Crippen LogP contribution is 2.39. The molecule has 0 fully saturated rings. The van der Waals surface area contributed by atoms with Crippen LogP contribution in [-0.2, 0) is 14.3 Å². The number of amides is 3. The summed E-state index contributed by atoms with van der Waals surface area (Å²) in [5, 5.41) is 5.62. The van der Waals surface area contributed by atoms with Crippen molar-refractivity contribution < 1.29 is 23.9 Å². The molecule has 0 saturated heterocycles. The second-order valence-electron chi connectivity index (χ2n) is 10.2. The summed E-state index contributed by atoms with van der Waals surface area (Å²) in [4.78, 5) is 41.2. The first-order valence-electron chi connectivity index (χ1n) is 12.5. The summed E-state index contributed by atoms with van der Waals surface area (Å²) < 4.78 is 10.8. The number of fused-ring (bicyclic) bond motifs is 1. The van der Waals surface area contributed by atoms with Gasteiger partial charge in [0.25, 0.3) is 0 Å². The topological polar surface area (TPSA) is 97.0 Å². The molecule has 0 spiro atoms. The molecule has 0 aliphatic carbocycles. The van der Waals surface area contributed by atoms with E-state index in [0.29, 0.717) is 23.5 Å². The zero-order valence-electron chi connectivity index (χ0n) is 22.1. The largest absolute Gasteiger partial charge is 0.497 e. The van der Waals surface area contributed by atoms with Gasteiger partial charge in [-0.3, -0.25) is 14.5 Å². The summed E-state index contributed by atoms with van der Waals surface area (Å²) >= 11 is 0. The molecule has 2 N–H and O–H groups in total. The molecule has 3 amide bonds. The Balaban J connectivity index is 1.68. The molecule has 198 valence electrons. The van der Waals surface area contributed by atoms with Gasteiger partial charge in [-0.15, -0.1) is 0 Å². The van der Waals surface area contributed by atoms with Crippen molar-refractivity contribution in [2.45, 2.75) is 44.8 Å². The quantitative estimate of drug-likeness (QED) is 0.446. The van der Waals surface area contributed by atoms with Crippen molar-refractivity contribution in [3.63, 3.8) is 0 Å². The van der Waals surface area contributed by atoms with Crippen molar-refractivity contribution in [3.8, 4) is 5.75 Å². The van der Waals surface area contributed by atoms with E-state index in [1.165, 1.54) is 4.90 Å². The number of nitrogens with zero attached hydrogens (tertiary/aromatic N) is 1. The number of methoxy groups -OCH3 is 1. The van der Waals surface area contributed by atoms with E-state index in [0.717, 1.165) is 11.1 Å². The van der Waals surface area contributed by atoms with Crippen LogP contribution >= 0.6 is 0 Å². The van der Waals surface area contributed by atoms with Crippen molar-refractivity contribution in [2.75, 3.05) is 23.9 Å². The minimum absolute atomic E-state index is 0.192. The van der Waals surface area contributed by atoms with Gasteiger partial charge in [-0.05, 0) is 56.5 Å². The minimum atomic E-state index is -0.902. The maximum absolute atomic E-state index is 13.9. The fourth-order valence-corrected chi connectivity index (χ4v) is 4.61. The van der Waals surface area contributed by atoms with Crippen LogP contribution in [0.1, 0.15) is 44.2 Å². The lowest BCUT2D eigenvalue weighted by molar-refractivity contribution is -0.153. The average Bonchev–Trinajstić information content (AvgIpc) is 2.99. The first kappa shape index (κ1) is 26.7. The molecular formula is C30H33N3O5. The van der Waals surface area contributed by atoms with Crippen LogP contribution in [-0.4, -0.2) is 43.2 Å². The van der Waals surface area contributed by atoms with Crippen molar-refractivity contribution in [1.29, 1.82) is 0 Å². The number of carbonyl (C=O) groups excluding carboxylic acids is 3. The molecule has 4 rings (SSSR count). The Kier molecular flexibility index (Phi) is 8.00. The van der Waals surface area contributed by atoms with Crippen LogP contribution in [0.5, 0.6) is 5.75 Å². The number of carbonyl (C=O) groups is 3. The van der Waals surface area contributed by atoms with Gasteiger partial charge in [0.05, 0.1) is 7.11 Å². The van der Waals surface area contributed by atoms with Crippen LogP contribution in [0.15, 0.2) is 78.9 Å². The molecule has 3 aromatic carbocycles. The first-order valence-corrected chi connectivity index (χ1v) is 12.5. The van der Waals surface area contributed by atoms with Crippen LogP contribution < -0.4 is 20.3 Å². The predicted molar refractivity (Wildman–Crippen MR) is 146 cm³/mol. The Bertz CT molecular complexity index is 1300. The Hall–Kier alpha value is -4.33. The summed E-state index contributed by atoms with van der Waals surface area (Å²) in [5.74, 6) is -0.514. The van der Waals surface area contributed by atoms with Gasteiger partial charge in [0.1, 0.15) is 23.9 Å². The highest BCUT2D eigenvalue weighted by molar-refractivity contribution is 6.04. The van der Waals surface area contributed by atoms with Crippen molar-refractivity contribution >= 4 is 29.3 Å². The van der Waals surface area contributed by atoms with Gasteiger partial charge in [-0.25, -0.2) is 4.79 Å². The summed E-state index contributed by atoms with van der Waals surface area (Å²) in [5.41, 5.74) is 2.35. The number of hydrogen-bond acceptors (Lipinski definition) is 5. The summed E-state index contributed by atoms with van der Waals surface area (Å²) in [6.07, 6.45) is 0.316. The maximum atomic E-state index is 13.9. The standard InChI is InChI=1S/C30H33N3O5/c1-30(2,3)38-27(34)19-33-26-16-9-8-15-23(26)24(20-11-6-5-7-12-20)18-25(28(33)35)32-29(36)31-21-13-10-14-22(17-21)37-4/h5-17,24-25H,18-19H2,1-4H3,(H2,31,32,36). The van der Waals surface area contributed by atoms with Crippen LogP contribution in [0.2, 0.25) is 0 Å². The average molecular weight is 516 g/mol. The third-order valence-corrected chi connectivity index (χ3v) is 6.18. The number of anilines is 2. The molecule has 1 heterocycles. The molecule has 8 nitrogen and oxygen atoms in total. The lowest BCUT2D eigenvalue weighted by Gasteiger charge is -2.27. The number of ether oxygens (including phenoxy) is 2. The van der Waals surface area contributed by atoms with Crippen LogP contribution in [0.4, 0.5) is 16.2 Å². The highest BCUT2D eigenvalue weighted by Gasteiger charge is 2.38. The highest BCUT2D eigenvalue weighted by atomic mass is 16.6. The van der Waals surface area contributed by atoms with Crippen LogP contribution in [0.25, 0.3) is 0 Å². The number of benzene rings is 3. The minimum Gasteiger partial charge on any atom is -0.497 e. The molecule has 38 heavy (non-hydrogen) atoms. The predicted octanol–water partition coefficient (Wildman–Crippen LogP) is 5.10. The normalized spacial score (nSPS) is 17.2. The van der Waals surface area contributed by atoms with Gasteiger partial charge >= 0.3 is 12.0 Å². The summed E-state index contributed by atoms with van der Waals surface area (Å²) in [6, 6.07) is 22.9. The molecule has 2 atom stereocenters. The SMILES string of the molecule is COc1cccc(NC(=O)NC2CC(c3ccccc3)c3ccccc3N(CC(=O)OC(C)(C)C)C2=O)c1. The number of esters is 1. The van der Waals surface area contributed by atoms with E-state index in [9.17, 15) is 14.4 Å². The maximum Gasteiger partial charge on any atom is 0.326 e. The van der Waals surface area contributed by atoms with Gasteiger partial charge in [-0.2, -0.15) is 0 Å². The Morgan fingerprint density at radius 3 is 2.39 bits per heavy atom. The number of nitrogens with one attached hydrogen (secondary N) is 2. The van der Waals surface area contributed by atoms with Crippen LogP contribution in [0, 0.1) is 0 Å². The smallest absolute Gasteiger partial charge is 0.326 e. The first-order chi connectivity index (χ1) is 18.1. The van der Waals surface area contributed by atoms with E-state index in [1.54, 1.807) is 52.1 Å². The Morgan fingerprint density at radius 2 is 1.68 bits per heavy atom. The molecule has 0 saturated carbocycles. The molecule has 1 aliphatic rings. The van der Waals surface area contributed by atoms with E-state index in [4.69, 9.17) is 9.47 Å². The van der Waals surface area contributed by atoms with Crippen molar-refractivity contribution in [3.05, 3.63) is 90.0 Å². The van der Waals surface area contributed by atoms with Crippen LogP contribution in [0.3, 0.4) is 0 Å². The van der Waals surface area contributed by atoms with Gasteiger partial charge in [-0.1, -0.05) is 54.6 Å². The number of rotatable bonds is 6. The number of urea groups is 1. The zero-order valence-corrected chi connectivity index (χ0v) is 22.1.